The van der Waals surface area contributed by atoms with E-state index in [0.717, 1.165) is 10.0 Å². The summed E-state index contributed by atoms with van der Waals surface area (Å²) in [5, 5.41) is 0.859. The number of carbonyl (C=O) groups excluding carboxylic acids is 1. The van der Waals surface area contributed by atoms with Gasteiger partial charge in [-0.15, -0.1) is 0 Å². The van der Waals surface area contributed by atoms with E-state index in [-0.39, 0.29) is 17.2 Å². The molecule has 2 aromatic carbocycles. The first-order valence-electron chi connectivity index (χ1n) is 12.2. The average molecular weight is 662 g/mol. The van der Waals surface area contributed by atoms with Crippen LogP contribution in [0.4, 0.5) is 0 Å². The van der Waals surface area contributed by atoms with Crippen LogP contribution in [-0.4, -0.2) is 23.8 Å². The lowest BCUT2D eigenvalue weighted by molar-refractivity contribution is -0.143. The van der Waals surface area contributed by atoms with Gasteiger partial charge in [-0.3, -0.25) is 9.36 Å². The molecule has 0 aliphatic carbocycles. The van der Waals surface area contributed by atoms with Gasteiger partial charge >= 0.3 is 5.97 Å². The molecule has 0 spiro atoms. The van der Waals surface area contributed by atoms with Gasteiger partial charge in [0.2, 0.25) is 0 Å². The highest BCUT2D eigenvalue weighted by Gasteiger charge is 2.35. The second-order valence-electron chi connectivity index (χ2n) is 9.25. The number of benzene rings is 2. The third kappa shape index (κ3) is 5.43. The number of aromatic nitrogens is 1. The second kappa shape index (κ2) is 11.4. The molecule has 1 aliphatic heterocycles. The highest BCUT2D eigenvalue weighted by atomic mass is 79.9. The van der Waals surface area contributed by atoms with Gasteiger partial charge in [0, 0.05) is 21.7 Å². The molecule has 7 nitrogen and oxygen atoms in total. The summed E-state index contributed by atoms with van der Waals surface area (Å²) in [6.07, 6.45) is 1.30. The summed E-state index contributed by atoms with van der Waals surface area (Å²) in [5.41, 5.74) is 1.77. The van der Waals surface area contributed by atoms with Gasteiger partial charge in [0.15, 0.2) is 4.80 Å². The first-order chi connectivity index (χ1) is 19.1. The van der Waals surface area contributed by atoms with Crippen LogP contribution >= 0.6 is 50.5 Å². The van der Waals surface area contributed by atoms with Gasteiger partial charge in [0.1, 0.15) is 23.3 Å². The number of rotatable bonds is 6. The topological polar surface area (TPSA) is 83.0 Å². The summed E-state index contributed by atoms with van der Waals surface area (Å²) in [6.45, 7) is 5.28. The molecule has 0 saturated heterocycles. The predicted molar refractivity (Wildman–Crippen MR) is 160 cm³/mol. The maximum absolute atomic E-state index is 13.9. The van der Waals surface area contributed by atoms with Crippen molar-refractivity contribution in [2.45, 2.75) is 32.9 Å². The maximum Gasteiger partial charge on any atom is 0.338 e. The lowest BCUT2D eigenvalue weighted by Crippen LogP contribution is -2.40. The van der Waals surface area contributed by atoms with Crippen LogP contribution in [0, 0.1) is 0 Å². The van der Waals surface area contributed by atoms with Gasteiger partial charge in [0.05, 0.1) is 39.1 Å². The van der Waals surface area contributed by atoms with E-state index in [1.807, 2.05) is 12.1 Å². The Hall–Kier alpha value is -3.11. The predicted octanol–water partition coefficient (Wildman–Crippen LogP) is 6.52. The van der Waals surface area contributed by atoms with Crippen LogP contribution in [0.15, 0.2) is 78.5 Å². The van der Waals surface area contributed by atoms with Crippen LogP contribution < -0.4 is 19.6 Å². The molecule has 3 heterocycles. The monoisotopic (exact) mass is 660 g/mol. The number of carbonyl (C=O) groups is 1. The van der Waals surface area contributed by atoms with Crippen LogP contribution in [0.3, 0.4) is 0 Å². The number of hydrogen-bond donors (Lipinski definition) is 0. The van der Waals surface area contributed by atoms with Crippen molar-refractivity contribution in [1.29, 1.82) is 0 Å². The molecule has 206 valence electrons. The fraction of sp³-hybridized carbons (Fsp3) is 0.207. The van der Waals surface area contributed by atoms with E-state index < -0.39 is 12.0 Å². The first-order valence-corrected chi connectivity index (χ1v) is 14.6. The van der Waals surface area contributed by atoms with Crippen LogP contribution in [0.1, 0.15) is 38.1 Å². The average Bonchev–Trinajstić information content (AvgIpc) is 3.48. The van der Waals surface area contributed by atoms with Crippen LogP contribution in [0.2, 0.25) is 10.0 Å². The number of thiazole rings is 1. The molecule has 0 amide bonds. The van der Waals surface area contributed by atoms with E-state index in [9.17, 15) is 9.59 Å². The number of esters is 1. The third-order valence-corrected chi connectivity index (χ3v) is 8.39. The number of methoxy groups -OCH3 is 1. The molecule has 4 aromatic rings. The summed E-state index contributed by atoms with van der Waals surface area (Å²) in [6, 6.07) is 13.4. The highest BCUT2D eigenvalue weighted by Crippen LogP contribution is 2.37. The zero-order chi connectivity index (χ0) is 28.7. The van der Waals surface area contributed by atoms with E-state index in [0.29, 0.717) is 47.9 Å². The number of furan rings is 1. The fourth-order valence-corrected chi connectivity index (χ4v) is 6.14. The molecule has 2 aromatic heterocycles. The Kier molecular flexibility index (Phi) is 8.10. The lowest BCUT2D eigenvalue weighted by Gasteiger charge is -2.26. The standard InChI is InChI=1S/C29H23BrCl2N2O5S/c1-14(2)38-28(36)25-15(3)33-29-34(26(25)19-12-17(30)6-9-23(19)37-4)27(35)24(40-29)13-18-7-10-22(39-18)16-5-8-20(31)21(32)11-16/h5-14,26H,1-4H3/b24-13-/t26-/m1/s1. The molecule has 1 atom stereocenters. The molecule has 40 heavy (non-hydrogen) atoms. The SMILES string of the molecule is COc1ccc(Br)cc1[C@@H]1C(C(=O)OC(C)C)=C(C)N=c2s/c(=C\c3ccc(-c4ccc(Cl)c(Cl)c4)o3)c(=O)n21. The molecular weight excluding hydrogens is 639 g/mol. The Balaban J connectivity index is 1.67. The molecule has 0 saturated carbocycles. The normalized spacial score (nSPS) is 15.3. The maximum atomic E-state index is 13.9. The van der Waals surface area contributed by atoms with Crippen molar-refractivity contribution in [2.24, 2.45) is 4.99 Å². The summed E-state index contributed by atoms with van der Waals surface area (Å²) in [5.74, 6) is 1.02. The Bertz CT molecular complexity index is 1850. The van der Waals surface area contributed by atoms with Gasteiger partial charge in [0.25, 0.3) is 5.56 Å². The minimum atomic E-state index is -0.819. The summed E-state index contributed by atoms with van der Waals surface area (Å²) >= 11 is 16.9. The molecule has 0 radical (unpaired) electrons. The van der Waals surface area contributed by atoms with Gasteiger partial charge in [-0.25, -0.2) is 9.79 Å². The summed E-state index contributed by atoms with van der Waals surface area (Å²) < 4.78 is 19.9. The number of nitrogens with zero attached hydrogens (tertiary/aromatic N) is 2. The van der Waals surface area contributed by atoms with E-state index in [1.54, 1.807) is 70.4 Å². The molecule has 0 unspecified atom stereocenters. The third-order valence-electron chi connectivity index (χ3n) is 6.17. The lowest BCUT2D eigenvalue weighted by atomic mass is 9.95. The Morgan fingerprint density at radius 2 is 1.93 bits per heavy atom. The van der Waals surface area contributed by atoms with Crippen molar-refractivity contribution in [3.63, 3.8) is 0 Å². The first kappa shape index (κ1) is 28.4. The highest BCUT2D eigenvalue weighted by molar-refractivity contribution is 9.10. The minimum absolute atomic E-state index is 0.268. The fourth-order valence-electron chi connectivity index (χ4n) is 4.44. The van der Waals surface area contributed by atoms with Crippen molar-refractivity contribution in [1.82, 2.24) is 4.57 Å². The van der Waals surface area contributed by atoms with Crippen molar-refractivity contribution in [3.8, 4) is 17.1 Å². The van der Waals surface area contributed by atoms with Gasteiger partial charge in [-0.2, -0.15) is 0 Å². The Morgan fingerprint density at radius 1 is 1.15 bits per heavy atom. The van der Waals surface area contributed by atoms with Crippen LogP contribution in [0.25, 0.3) is 17.4 Å². The number of allylic oxidation sites excluding steroid dienone is 1. The van der Waals surface area contributed by atoms with Gasteiger partial charge in [-0.1, -0.05) is 50.5 Å². The molecule has 0 bridgehead atoms. The molecule has 1 aliphatic rings. The van der Waals surface area contributed by atoms with E-state index >= 15 is 0 Å². The van der Waals surface area contributed by atoms with Crippen molar-refractivity contribution < 1.29 is 18.7 Å². The number of ether oxygens (including phenoxy) is 2. The van der Waals surface area contributed by atoms with Crippen LogP contribution in [0.5, 0.6) is 5.75 Å². The van der Waals surface area contributed by atoms with Crippen molar-refractivity contribution >= 4 is 62.5 Å². The summed E-state index contributed by atoms with van der Waals surface area (Å²) in [7, 11) is 1.54. The van der Waals surface area contributed by atoms with Crippen LogP contribution in [-0.2, 0) is 9.53 Å². The smallest absolute Gasteiger partial charge is 0.338 e. The zero-order valence-electron chi connectivity index (χ0n) is 21.8. The Labute approximate surface area is 252 Å². The molecule has 11 heteroatoms. The van der Waals surface area contributed by atoms with E-state index in [1.165, 1.54) is 15.9 Å². The second-order valence-corrected chi connectivity index (χ2v) is 12.0. The van der Waals surface area contributed by atoms with Crippen molar-refractivity contribution in [2.75, 3.05) is 7.11 Å². The number of fused-ring (bicyclic) bond motifs is 1. The molecule has 5 rings (SSSR count). The van der Waals surface area contributed by atoms with Gasteiger partial charge < -0.3 is 13.9 Å². The minimum Gasteiger partial charge on any atom is -0.496 e. The zero-order valence-corrected chi connectivity index (χ0v) is 25.7. The molecule has 0 N–H and O–H groups in total. The largest absolute Gasteiger partial charge is 0.496 e. The number of halogens is 3. The number of hydrogen-bond acceptors (Lipinski definition) is 7. The molecule has 0 fully saturated rings. The Morgan fingerprint density at radius 3 is 2.62 bits per heavy atom. The van der Waals surface area contributed by atoms with Gasteiger partial charge in [-0.05, 0) is 69.3 Å². The van der Waals surface area contributed by atoms with E-state index in [4.69, 9.17) is 37.1 Å². The quantitative estimate of drug-likeness (QED) is 0.220. The molecular formula is C29H23BrCl2N2O5S. The van der Waals surface area contributed by atoms with E-state index in [2.05, 4.69) is 20.9 Å². The van der Waals surface area contributed by atoms with Crippen molar-refractivity contribution in [3.05, 3.63) is 105 Å². The summed E-state index contributed by atoms with van der Waals surface area (Å²) in [4.78, 5) is 32.3.